The number of ether oxygens (including phenoxy) is 1. The number of aryl methyl sites for hydroxylation is 2. The quantitative estimate of drug-likeness (QED) is 0.912. The fourth-order valence-corrected chi connectivity index (χ4v) is 2.79. The summed E-state index contributed by atoms with van der Waals surface area (Å²) in [6.45, 7) is 2.43. The van der Waals surface area contributed by atoms with Crippen molar-refractivity contribution >= 4 is 17.5 Å². The van der Waals surface area contributed by atoms with E-state index >= 15 is 0 Å². The van der Waals surface area contributed by atoms with E-state index < -0.39 is 6.36 Å². The van der Waals surface area contributed by atoms with Crippen molar-refractivity contribution in [3.8, 4) is 5.75 Å². The van der Waals surface area contributed by atoms with E-state index in [9.17, 15) is 18.0 Å². The first kappa shape index (κ1) is 17.1. The summed E-state index contributed by atoms with van der Waals surface area (Å²) in [5.74, 6) is -0.289. The summed E-state index contributed by atoms with van der Waals surface area (Å²) in [7, 11) is 0. The van der Waals surface area contributed by atoms with Crippen molar-refractivity contribution < 1.29 is 27.2 Å². The lowest BCUT2D eigenvalue weighted by Gasteiger charge is -2.31. The highest BCUT2D eigenvalue weighted by Gasteiger charge is 2.31. The molecule has 0 bridgehead atoms. The largest absolute Gasteiger partial charge is 0.573 e. The molecule has 3 rings (SSSR count). The summed E-state index contributed by atoms with van der Waals surface area (Å²) in [5.41, 5.74) is 2.09. The third-order valence-corrected chi connectivity index (χ3v) is 3.72. The Balaban J connectivity index is 1.69. The van der Waals surface area contributed by atoms with Gasteiger partial charge in [0.15, 0.2) is 0 Å². The summed E-state index contributed by atoms with van der Waals surface area (Å²) in [4.78, 5) is 14.0. The second kappa shape index (κ2) is 6.66. The van der Waals surface area contributed by atoms with Crippen LogP contribution in [0.2, 0.25) is 0 Å². The zero-order valence-electron chi connectivity index (χ0n) is 13.4. The van der Waals surface area contributed by atoms with Crippen molar-refractivity contribution in [1.82, 2.24) is 5.16 Å². The molecule has 6 nitrogen and oxygen atoms in total. The Bertz CT molecular complexity index is 773. The van der Waals surface area contributed by atoms with Crippen molar-refractivity contribution in [1.29, 1.82) is 0 Å². The van der Waals surface area contributed by atoms with E-state index in [0.717, 1.165) is 17.7 Å². The SMILES string of the molecule is Cc1cc(NC(=O)CN2CCCc3cc(OC(F)(F)F)ccc32)on1. The van der Waals surface area contributed by atoms with Gasteiger partial charge in [-0.25, -0.2) is 0 Å². The number of aromatic nitrogens is 1. The molecule has 0 atom stereocenters. The minimum absolute atomic E-state index is 0.0617. The van der Waals surface area contributed by atoms with E-state index in [2.05, 4.69) is 15.2 Å². The van der Waals surface area contributed by atoms with Crippen molar-refractivity contribution in [2.24, 2.45) is 0 Å². The number of anilines is 2. The van der Waals surface area contributed by atoms with E-state index in [-0.39, 0.29) is 24.1 Å². The second-order valence-corrected chi connectivity index (χ2v) is 5.74. The Hall–Kier alpha value is -2.71. The van der Waals surface area contributed by atoms with Gasteiger partial charge in [0.2, 0.25) is 11.8 Å². The van der Waals surface area contributed by atoms with Crippen molar-refractivity contribution in [2.75, 3.05) is 23.3 Å². The number of benzene rings is 1. The zero-order chi connectivity index (χ0) is 18.0. The maximum absolute atomic E-state index is 12.3. The van der Waals surface area contributed by atoms with Crippen LogP contribution in [0.1, 0.15) is 17.7 Å². The number of amides is 1. The smallest absolute Gasteiger partial charge is 0.406 e. The molecule has 0 unspecified atom stereocenters. The summed E-state index contributed by atoms with van der Waals surface area (Å²) in [6, 6.07) is 5.76. The van der Waals surface area contributed by atoms with Gasteiger partial charge in [-0.1, -0.05) is 5.16 Å². The molecule has 1 N–H and O–H groups in total. The molecular weight excluding hydrogens is 339 g/mol. The molecule has 1 aromatic heterocycles. The first-order valence-corrected chi connectivity index (χ1v) is 7.67. The highest BCUT2D eigenvalue weighted by atomic mass is 19.4. The second-order valence-electron chi connectivity index (χ2n) is 5.74. The molecule has 0 spiro atoms. The number of alkyl halides is 3. The fraction of sp³-hybridized carbons (Fsp3) is 0.375. The molecule has 9 heteroatoms. The summed E-state index contributed by atoms with van der Waals surface area (Å²) in [5, 5.41) is 6.28. The molecule has 0 fully saturated rings. The van der Waals surface area contributed by atoms with Crippen LogP contribution >= 0.6 is 0 Å². The minimum atomic E-state index is -4.72. The van der Waals surface area contributed by atoms with Gasteiger partial charge in [0.1, 0.15) is 5.75 Å². The van der Waals surface area contributed by atoms with Gasteiger partial charge in [0.25, 0.3) is 0 Å². The van der Waals surface area contributed by atoms with Crippen LogP contribution in [0, 0.1) is 6.92 Å². The van der Waals surface area contributed by atoms with Gasteiger partial charge >= 0.3 is 6.36 Å². The van der Waals surface area contributed by atoms with Gasteiger partial charge < -0.3 is 14.2 Å². The van der Waals surface area contributed by atoms with E-state index in [4.69, 9.17) is 4.52 Å². The fourth-order valence-electron chi connectivity index (χ4n) is 2.79. The molecule has 0 aliphatic carbocycles. The number of nitrogens with zero attached hydrogens (tertiary/aromatic N) is 2. The number of carbonyl (C=O) groups excluding carboxylic acids is 1. The van der Waals surface area contributed by atoms with Gasteiger partial charge in [0.05, 0.1) is 12.2 Å². The average Bonchev–Trinajstić information content (AvgIpc) is 2.90. The predicted octanol–water partition coefficient (Wildman–Crippen LogP) is 3.27. The average molecular weight is 355 g/mol. The van der Waals surface area contributed by atoms with Crippen LogP contribution < -0.4 is 15.0 Å². The Kier molecular flexibility index (Phi) is 4.56. The van der Waals surface area contributed by atoms with Crippen LogP contribution in [0.3, 0.4) is 0 Å². The molecule has 0 saturated carbocycles. The molecule has 0 saturated heterocycles. The van der Waals surface area contributed by atoms with Crippen LogP contribution in [0.15, 0.2) is 28.8 Å². The Morgan fingerprint density at radius 1 is 1.40 bits per heavy atom. The van der Waals surface area contributed by atoms with E-state index in [0.29, 0.717) is 18.7 Å². The molecule has 134 valence electrons. The summed E-state index contributed by atoms with van der Waals surface area (Å²) in [6.07, 6.45) is -3.36. The number of fused-ring (bicyclic) bond motifs is 1. The monoisotopic (exact) mass is 355 g/mol. The first-order chi connectivity index (χ1) is 11.8. The maximum atomic E-state index is 12.3. The Labute approximate surface area is 141 Å². The minimum Gasteiger partial charge on any atom is -0.406 e. The molecule has 0 radical (unpaired) electrons. The molecular formula is C16H16F3N3O3. The molecule has 1 aromatic carbocycles. The normalized spacial score (nSPS) is 14.2. The van der Waals surface area contributed by atoms with Crippen LogP contribution in [-0.4, -0.2) is 30.5 Å². The van der Waals surface area contributed by atoms with Gasteiger partial charge in [-0.3, -0.25) is 10.1 Å². The first-order valence-electron chi connectivity index (χ1n) is 7.67. The number of hydrogen-bond acceptors (Lipinski definition) is 5. The van der Waals surface area contributed by atoms with E-state index in [1.165, 1.54) is 12.1 Å². The number of halogens is 3. The molecule has 1 aliphatic heterocycles. The lowest BCUT2D eigenvalue weighted by molar-refractivity contribution is -0.274. The number of rotatable bonds is 4. The molecule has 1 aliphatic rings. The lowest BCUT2D eigenvalue weighted by atomic mass is 10.0. The number of carbonyl (C=O) groups is 1. The molecule has 2 aromatic rings. The standard InChI is InChI=1S/C16H16F3N3O3/c1-10-7-15(25-21-10)20-14(23)9-22-6-2-3-11-8-12(4-5-13(11)22)24-16(17,18)19/h4-5,7-8H,2-3,6,9H2,1H3,(H,20,23). The Morgan fingerprint density at radius 3 is 2.88 bits per heavy atom. The van der Waals surface area contributed by atoms with E-state index in [1.54, 1.807) is 19.1 Å². The predicted molar refractivity (Wildman–Crippen MR) is 83.5 cm³/mol. The van der Waals surface area contributed by atoms with Crippen LogP contribution in [-0.2, 0) is 11.2 Å². The maximum Gasteiger partial charge on any atom is 0.573 e. The van der Waals surface area contributed by atoms with Crippen LogP contribution in [0.25, 0.3) is 0 Å². The molecule has 2 heterocycles. The van der Waals surface area contributed by atoms with Gasteiger partial charge in [-0.15, -0.1) is 13.2 Å². The molecule has 25 heavy (non-hydrogen) atoms. The van der Waals surface area contributed by atoms with Gasteiger partial charge in [-0.2, -0.15) is 0 Å². The highest BCUT2D eigenvalue weighted by molar-refractivity contribution is 5.93. The van der Waals surface area contributed by atoms with Gasteiger partial charge in [-0.05, 0) is 43.5 Å². The number of nitrogens with one attached hydrogen (secondary N) is 1. The Morgan fingerprint density at radius 2 is 2.20 bits per heavy atom. The summed E-state index contributed by atoms with van der Waals surface area (Å²) >= 11 is 0. The van der Waals surface area contributed by atoms with Crippen molar-refractivity contribution in [2.45, 2.75) is 26.1 Å². The topological polar surface area (TPSA) is 67.6 Å². The third kappa shape index (κ3) is 4.43. The van der Waals surface area contributed by atoms with Crippen molar-refractivity contribution in [3.63, 3.8) is 0 Å². The highest BCUT2D eigenvalue weighted by Crippen LogP contribution is 2.32. The molecule has 1 amide bonds. The third-order valence-electron chi connectivity index (χ3n) is 3.72. The lowest BCUT2D eigenvalue weighted by Crippen LogP contribution is -2.36. The van der Waals surface area contributed by atoms with E-state index in [1.807, 2.05) is 4.90 Å². The van der Waals surface area contributed by atoms with Crippen LogP contribution in [0.5, 0.6) is 5.75 Å². The summed E-state index contributed by atoms with van der Waals surface area (Å²) < 4.78 is 45.9. The van der Waals surface area contributed by atoms with Crippen LogP contribution in [0.4, 0.5) is 24.7 Å². The van der Waals surface area contributed by atoms with Crippen molar-refractivity contribution in [3.05, 3.63) is 35.5 Å². The van der Waals surface area contributed by atoms with Gasteiger partial charge in [0, 0.05) is 18.3 Å². The zero-order valence-corrected chi connectivity index (χ0v) is 13.4. The number of hydrogen-bond donors (Lipinski definition) is 1.